The molecule has 9 heteroatoms. The molecular formula is C26H44N8O. The maximum atomic E-state index is 6.13. The Morgan fingerprint density at radius 1 is 1.03 bits per heavy atom. The highest BCUT2D eigenvalue weighted by Gasteiger charge is 2.28. The average molecular weight is 485 g/mol. The van der Waals surface area contributed by atoms with Crippen molar-refractivity contribution in [2.45, 2.75) is 109 Å². The molecule has 1 aliphatic heterocycles. The van der Waals surface area contributed by atoms with Crippen LogP contribution < -0.4 is 16.5 Å². The Kier molecular flexibility index (Phi) is 8.04. The maximum absolute atomic E-state index is 6.13. The molecule has 194 valence electrons. The van der Waals surface area contributed by atoms with E-state index in [0.717, 1.165) is 81.6 Å². The first-order valence-corrected chi connectivity index (χ1v) is 14.0. The summed E-state index contributed by atoms with van der Waals surface area (Å²) in [7, 11) is 0. The van der Waals surface area contributed by atoms with Gasteiger partial charge in [0, 0.05) is 37.8 Å². The van der Waals surface area contributed by atoms with Gasteiger partial charge in [0.05, 0.1) is 12.4 Å². The van der Waals surface area contributed by atoms with E-state index < -0.39 is 0 Å². The van der Waals surface area contributed by atoms with Gasteiger partial charge in [0.1, 0.15) is 0 Å². The van der Waals surface area contributed by atoms with Crippen LogP contribution in [0.3, 0.4) is 0 Å². The van der Waals surface area contributed by atoms with Crippen LogP contribution in [0, 0.1) is 5.92 Å². The third-order valence-corrected chi connectivity index (χ3v) is 8.36. The number of aromatic nitrogens is 4. The quantitative estimate of drug-likeness (QED) is 0.478. The molecule has 9 nitrogen and oxygen atoms in total. The number of anilines is 2. The number of hydrogen-bond acceptors (Lipinski definition) is 8. The number of hydrazine groups is 1. The summed E-state index contributed by atoms with van der Waals surface area (Å²) in [5, 5.41) is 5.93. The van der Waals surface area contributed by atoms with Gasteiger partial charge in [0.2, 0.25) is 5.95 Å². The molecule has 3 heterocycles. The summed E-state index contributed by atoms with van der Waals surface area (Å²) in [6.07, 6.45) is 14.9. The number of nitrogens with zero attached hydrogens (tertiary/aromatic N) is 5. The molecule has 0 radical (unpaired) electrons. The second kappa shape index (κ2) is 11.4. The molecule has 1 atom stereocenters. The zero-order chi connectivity index (χ0) is 24.2. The molecule has 0 amide bonds. The number of nitrogens with two attached hydrogens (primary N) is 1. The van der Waals surface area contributed by atoms with Crippen molar-refractivity contribution in [2.24, 2.45) is 11.7 Å². The third kappa shape index (κ3) is 5.73. The molecule has 1 unspecified atom stereocenters. The Bertz CT molecular complexity index is 942. The lowest BCUT2D eigenvalue weighted by Gasteiger charge is -2.35. The monoisotopic (exact) mass is 484 g/mol. The largest absolute Gasteiger partial charge is 0.378 e. The van der Waals surface area contributed by atoms with Crippen molar-refractivity contribution in [1.82, 2.24) is 24.5 Å². The van der Waals surface area contributed by atoms with Gasteiger partial charge in [-0.15, -0.1) is 0 Å². The summed E-state index contributed by atoms with van der Waals surface area (Å²) < 4.78 is 8.29. The van der Waals surface area contributed by atoms with Crippen LogP contribution in [0.25, 0.3) is 11.2 Å². The van der Waals surface area contributed by atoms with Gasteiger partial charge in [-0.1, -0.05) is 19.8 Å². The molecule has 3 aliphatic rings. The van der Waals surface area contributed by atoms with Gasteiger partial charge in [-0.2, -0.15) is 9.97 Å². The van der Waals surface area contributed by atoms with Crippen LogP contribution in [0.4, 0.5) is 11.8 Å². The number of ether oxygens (including phenoxy) is 1. The summed E-state index contributed by atoms with van der Waals surface area (Å²) >= 11 is 0. The van der Waals surface area contributed by atoms with E-state index in [-0.39, 0.29) is 0 Å². The number of nitrogens with one attached hydrogen (secondary N) is 2. The lowest BCUT2D eigenvalue weighted by molar-refractivity contribution is -0.00293. The average Bonchev–Trinajstić information content (AvgIpc) is 3.55. The van der Waals surface area contributed by atoms with Crippen LogP contribution in [-0.2, 0) is 4.74 Å². The predicted molar refractivity (Wildman–Crippen MR) is 140 cm³/mol. The molecule has 0 spiro atoms. The minimum absolute atomic E-state index is 0.329. The maximum Gasteiger partial charge on any atom is 0.227 e. The molecule has 2 aromatic heterocycles. The van der Waals surface area contributed by atoms with E-state index >= 15 is 0 Å². The van der Waals surface area contributed by atoms with E-state index in [2.05, 4.69) is 34.2 Å². The highest BCUT2D eigenvalue weighted by molar-refractivity contribution is 5.84. The standard InChI is InChI=1S/C26H44N8O/c1-3-22(35-4-2)18-13-15-33(16-14-18)32-24-23-25(34(17-28-23)21-7-5-6-8-21)31-26(30-24)29-20-11-9-19(27)10-12-20/h17-22H,3-16,27H2,1-2H3,(H2,29,30,31,32). The van der Waals surface area contributed by atoms with Gasteiger partial charge >= 0.3 is 0 Å². The zero-order valence-corrected chi connectivity index (χ0v) is 21.6. The SMILES string of the molecule is CCOC(CC)C1CCN(Nc2nc(NC3CCC(N)CC3)nc3c2ncn3C2CCCC2)CC1. The topological polar surface area (TPSA) is 106 Å². The third-order valence-electron chi connectivity index (χ3n) is 8.36. The van der Waals surface area contributed by atoms with Gasteiger partial charge < -0.3 is 25.8 Å². The van der Waals surface area contributed by atoms with Crippen molar-refractivity contribution >= 4 is 22.9 Å². The van der Waals surface area contributed by atoms with Crippen LogP contribution in [0.5, 0.6) is 0 Å². The lowest BCUT2D eigenvalue weighted by Crippen LogP contribution is -2.41. The van der Waals surface area contributed by atoms with Crippen LogP contribution in [-0.4, -0.2) is 62.4 Å². The van der Waals surface area contributed by atoms with Crippen molar-refractivity contribution in [3.63, 3.8) is 0 Å². The Morgan fingerprint density at radius 3 is 2.46 bits per heavy atom. The fraction of sp³-hybridized carbons (Fsp3) is 0.808. The van der Waals surface area contributed by atoms with Crippen molar-refractivity contribution in [3.8, 4) is 0 Å². The number of imidazole rings is 1. The van der Waals surface area contributed by atoms with E-state index in [9.17, 15) is 0 Å². The van der Waals surface area contributed by atoms with E-state index in [0.29, 0.717) is 36.1 Å². The van der Waals surface area contributed by atoms with Gasteiger partial charge in [-0.25, -0.2) is 9.99 Å². The molecule has 35 heavy (non-hydrogen) atoms. The molecule has 1 saturated heterocycles. The molecule has 5 rings (SSSR count). The minimum Gasteiger partial charge on any atom is -0.378 e. The molecule has 2 aliphatic carbocycles. The number of piperidine rings is 1. The number of hydrogen-bond donors (Lipinski definition) is 3. The zero-order valence-electron chi connectivity index (χ0n) is 21.6. The molecule has 3 fully saturated rings. The molecule has 0 bridgehead atoms. The summed E-state index contributed by atoms with van der Waals surface area (Å²) in [5.41, 5.74) is 11.6. The number of rotatable bonds is 9. The summed E-state index contributed by atoms with van der Waals surface area (Å²) in [4.78, 5) is 14.7. The summed E-state index contributed by atoms with van der Waals surface area (Å²) in [6.45, 7) is 7.08. The van der Waals surface area contributed by atoms with Gasteiger partial charge in [0.25, 0.3) is 0 Å². The van der Waals surface area contributed by atoms with E-state index in [1.165, 1.54) is 25.7 Å². The fourth-order valence-electron chi connectivity index (χ4n) is 6.29. The van der Waals surface area contributed by atoms with Crippen LogP contribution >= 0.6 is 0 Å². The first-order valence-electron chi connectivity index (χ1n) is 14.0. The van der Waals surface area contributed by atoms with Crippen molar-refractivity contribution in [2.75, 3.05) is 30.4 Å². The molecule has 2 saturated carbocycles. The fourth-order valence-corrected chi connectivity index (χ4v) is 6.29. The van der Waals surface area contributed by atoms with Crippen LogP contribution in [0.2, 0.25) is 0 Å². The molecule has 2 aromatic rings. The summed E-state index contributed by atoms with van der Waals surface area (Å²) in [6, 6.07) is 1.20. The first-order chi connectivity index (χ1) is 17.1. The second-order valence-corrected chi connectivity index (χ2v) is 10.8. The highest BCUT2D eigenvalue weighted by Crippen LogP contribution is 2.34. The lowest BCUT2D eigenvalue weighted by atomic mass is 9.90. The predicted octanol–water partition coefficient (Wildman–Crippen LogP) is 4.48. The van der Waals surface area contributed by atoms with Gasteiger partial charge in [-0.3, -0.25) is 0 Å². The Hall–Kier alpha value is -1.97. The Labute approximate surface area is 209 Å². The number of fused-ring (bicyclic) bond motifs is 1. The molecular weight excluding hydrogens is 440 g/mol. The van der Waals surface area contributed by atoms with E-state index in [4.69, 9.17) is 25.4 Å². The van der Waals surface area contributed by atoms with Crippen molar-refractivity contribution in [1.29, 1.82) is 0 Å². The van der Waals surface area contributed by atoms with Gasteiger partial charge in [-0.05, 0) is 70.6 Å². The minimum atomic E-state index is 0.329. The van der Waals surface area contributed by atoms with Crippen molar-refractivity contribution < 1.29 is 4.74 Å². The molecule has 0 aromatic carbocycles. The normalized spacial score (nSPS) is 25.8. The van der Waals surface area contributed by atoms with Crippen molar-refractivity contribution in [3.05, 3.63) is 6.33 Å². The van der Waals surface area contributed by atoms with Crippen LogP contribution in [0.15, 0.2) is 6.33 Å². The van der Waals surface area contributed by atoms with E-state index in [1.54, 1.807) is 0 Å². The summed E-state index contributed by atoms with van der Waals surface area (Å²) in [5.74, 6) is 2.15. The first kappa shape index (κ1) is 24.7. The second-order valence-electron chi connectivity index (χ2n) is 10.8. The molecule has 4 N–H and O–H groups in total. The van der Waals surface area contributed by atoms with E-state index in [1.807, 2.05) is 6.33 Å². The Morgan fingerprint density at radius 2 is 1.77 bits per heavy atom. The van der Waals surface area contributed by atoms with Gasteiger partial charge in [0.15, 0.2) is 17.0 Å². The highest BCUT2D eigenvalue weighted by atomic mass is 16.5. The Balaban J connectivity index is 1.34. The smallest absolute Gasteiger partial charge is 0.227 e. The van der Waals surface area contributed by atoms with Crippen LogP contribution in [0.1, 0.15) is 90.5 Å².